The molecule has 3 aromatic rings. The number of nitrogens with zero attached hydrogens (tertiary/aromatic N) is 4. The number of aryl methyl sites for hydroxylation is 1. The number of fused-ring (bicyclic) bond motifs is 3. The van der Waals surface area contributed by atoms with Crippen molar-refractivity contribution >= 4 is 5.91 Å². The van der Waals surface area contributed by atoms with E-state index < -0.39 is 0 Å². The first-order valence-electron chi connectivity index (χ1n) is 11.3. The smallest absolute Gasteiger partial charge is 0.274 e. The summed E-state index contributed by atoms with van der Waals surface area (Å²) in [6, 6.07) is 7.88. The van der Waals surface area contributed by atoms with Gasteiger partial charge in [-0.25, -0.2) is 4.68 Å². The first kappa shape index (κ1) is 22.8. The van der Waals surface area contributed by atoms with Crippen LogP contribution in [0, 0.1) is 0 Å². The summed E-state index contributed by atoms with van der Waals surface area (Å²) in [6.07, 6.45) is 5.00. The molecule has 0 atom stereocenters. The number of ether oxygens (including phenoxy) is 2. The van der Waals surface area contributed by atoms with Gasteiger partial charge in [-0.3, -0.25) is 9.78 Å². The Morgan fingerprint density at radius 1 is 1.18 bits per heavy atom. The molecule has 7 nitrogen and oxygen atoms in total. The zero-order valence-corrected chi connectivity index (χ0v) is 20.5. The number of methoxy groups -OCH3 is 1. The molecule has 0 aliphatic heterocycles. The molecule has 33 heavy (non-hydrogen) atoms. The molecule has 0 unspecified atom stereocenters. The number of hydrogen-bond donors (Lipinski definition) is 0. The van der Waals surface area contributed by atoms with Gasteiger partial charge >= 0.3 is 0 Å². The van der Waals surface area contributed by atoms with E-state index in [1.807, 2.05) is 70.6 Å². The molecule has 0 spiro atoms. The van der Waals surface area contributed by atoms with Crippen LogP contribution >= 0.6 is 0 Å². The highest BCUT2D eigenvalue weighted by molar-refractivity contribution is 5.97. The van der Waals surface area contributed by atoms with Gasteiger partial charge in [-0.1, -0.05) is 0 Å². The summed E-state index contributed by atoms with van der Waals surface area (Å²) in [5.74, 6) is 1.30. The first-order valence-corrected chi connectivity index (χ1v) is 11.3. The summed E-state index contributed by atoms with van der Waals surface area (Å²) < 4.78 is 13.5. The third-order valence-corrected chi connectivity index (χ3v) is 6.04. The predicted molar refractivity (Wildman–Crippen MR) is 128 cm³/mol. The van der Waals surface area contributed by atoms with Crippen molar-refractivity contribution in [1.82, 2.24) is 19.7 Å². The molecule has 7 heteroatoms. The predicted octanol–water partition coefficient (Wildman–Crippen LogP) is 4.70. The summed E-state index contributed by atoms with van der Waals surface area (Å²) in [6.45, 7) is 10.0. The molecular weight excluding hydrogens is 416 g/mol. The van der Waals surface area contributed by atoms with Gasteiger partial charge in [0, 0.05) is 29.9 Å². The second-order valence-electron chi connectivity index (χ2n) is 9.66. The fourth-order valence-electron chi connectivity index (χ4n) is 4.06. The molecule has 0 saturated carbocycles. The van der Waals surface area contributed by atoms with E-state index in [2.05, 4.69) is 4.98 Å². The Kier molecular flexibility index (Phi) is 5.91. The Bertz CT molecular complexity index is 1180. The number of carbonyl (C=O) groups excluding carboxylic acids is 1. The van der Waals surface area contributed by atoms with Crippen molar-refractivity contribution in [3.05, 3.63) is 53.5 Å². The molecule has 1 aliphatic carbocycles. The minimum Gasteiger partial charge on any atom is -0.493 e. The minimum absolute atomic E-state index is 0.000758. The Morgan fingerprint density at radius 3 is 2.55 bits per heavy atom. The van der Waals surface area contributed by atoms with E-state index >= 15 is 0 Å². The van der Waals surface area contributed by atoms with Gasteiger partial charge in [-0.15, -0.1) is 0 Å². The molecular formula is C26H32N4O3. The van der Waals surface area contributed by atoms with Crippen molar-refractivity contribution in [2.45, 2.75) is 59.1 Å². The number of hydrogen-bond acceptors (Lipinski definition) is 5. The molecule has 1 amide bonds. The molecule has 1 aromatic carbocycles. The van der Waals surface area contributed by atoms with Crippen LogP contribution in [0.5, 0.6) is 11.5 Å². The lowest BCUT2D eigenvalue weighted by atomic mass is 9.88. The lowest BCUT2D eigenvalue weighted by Gasteiger charge is -2.31. The van der Waals surface area contributed by atoms with Crippen LogP contribution in [0.15, 0.2) is 36.7 Å². The third kappa shape index (κ3) is 4.19. The number of pyridine rings is 1. The SMILES string of the molecule is COc1cc2c(cc1OC(C)C)-c1c(c(C(=O)N(C)C(C)(C)C)nn1-c1cccnc1)CC2. The second kappa shape index (κ2) is 8.54. The Hall–Kier alpha value is -3.35. The van der Waals surface area contributed by atoms with Crippen LogP contribution in [0.2, 0.25) is 0 Å². The van der Waals surface area contributed by atoms with E-state index in [1.165, 1.54) is 0 Å². The van der Waals surface area contributed by atoms with Crippen LogP contribution in [0.3, 0.4) is 0 Å². The van der Waals surface area contributed by atoms with Crippen molar-refractivity contribution < 1.29 is 14.3 Å². The van der Waals surface area contributed by atoms with Crippen molar-refractivity contribution in [2.75, 3.05) is 14.2 Å². The fourth-order valence-corrected chi connectivity index (χ4v) is 4.06. The van der Waals surface area contributed by atoms with Crippen LogP contribution in [0.25, 0.3) is 16.9 Å². The largest absolute Gasteiger partial charge is 0.493 e. The average Bonchev–Trinajstić information content (AvgIpc) is 3.17. The van der Waals surface area contributed by atoms with Gasteiger partial charge in [0.1, 0.15) is 0 Å². The maximum absolute atomic E-state index is 13.5. The van der Waals surface area contributed by atoms with Gasteiger partial charge in [0.05, 0.1) is 30.8 Å². The first-order chi connectivity index (χ1) is 15.6. The summed E-state index contributed by atoms with van der Waals surface area (Å²) in [5.41, 5.74) is 4.98. The number of aromatic nitrogens is 3. The number of amides is 1. The second-order valence-corrected chi connectivity index (χ2v) is 9.66. The normalized spacial score (nSPS) is 12.8. The van der Waals surface area contributed by atoms with Crippen LogP contribution in [-0.4, -0.2) is 51.4 Å². The summed E-state index contributed by atoms with van der Waals surface area (Å²) in [4.78, 5) is 19.6. The van der Waals surface area contributed by atoms with Gasteiger partial charge in [0.2, 0.25) is 0 Å². The van der Waals surface area contributed by atoms with Crippen molar-refractivity contribution in [3.63, 3.8) is 0 Å². The third-order valence-electron chi connectivity index (χ3n) is 6.04. The highest BCUT2D eigenvalue weighted by atomic mass is 16.5. The Balaban J connectivity index is 1.96. The molecule has 2 aromatic heterocycles. The van der Waals surface area contributed by atoms with Crippen molar-refractivity contribution in [3.8, 4) is 28.4 Å². The number of carbonyl (C=O) groups is 1. The van der Waals surface area contributed by atoms with Crippen LogP contribution in [-0.2, 0) is 12.8 Å². The maximum Gasteiger partial charge on any atom is 0.274 e. The number of rotatable bonds is 5. The van der Waals surface area contributed by atoms with E-state index in [-0.39, 0.29) is 17.6 Å². The molecule has 0 radical (unpaired) electrons. The highest BCUT2D eigenvalue weighted by Crippen LogP contribution is 2.43. The fraction of sp³-hybridized carbons (Fsp3) is 0.423. The summed E-state index contributed by atoms with van der Waals surface area (Å²) in [7, 11) is 3.48. The van der Waals surface area contributed by atoms with Gasteiger partial charge in [0.25, 0.3) is 5.91 Å². The standard InChI is InChI=1S/C26H32N4O3/c1-16(2)33-22-14-20-17(13-21(22)32-7)10-11-19-23(25(31)29(6)26(3,4)5)28-30(24(19)20)18-9-8-12-27-15-18/h8-9,12-16H,10-11H2,1-7H3. The molecule has 4 rings (SSSR count). The monoisotopic (exact) mass is 448 g/mol. The quantitative estimate of drug-likeness (QED) is 0.566. The van der Waals surface area contributed by atoms with Gasteiger partial charge in [-0.2, -0.15) is 5.10 Å². The van der Waals surface area contributed by atoms with Crippen molar-refractivity contribution in [1.29, 1.82) is 0 Å². The number of benzene rings is 1. The zero-order valence-electron chi connectivity index (χ0n) is 20.5. The van der Waals surface area contributed by atoms with Gasteiger partial charge in [0.15, 0.2) is 17.2 Å². The van der Waals surface area contributed by atoms with Gasteiger partial charge in [-0.05, 0) is 77.3 Å². The zero-order chi connectivity index (χ0) is 23.9. The lowest BCUT2D eigenvalue weighted by molar-refractivity contribution is 0.0648. The average molecular weight is 449 g/mol. The molecule has 0 saturated heterocycles. The molecule has 2 heterocycles. The van der Waals surface area contributed by atoms with Crippen molar-refractivity contribution in [2.24, 2.45) is 0 Å². The Labute approximate surface area is 195 Å². The summed E-state index contributed by atoms with van der Waals surface area (Å²) in [5, 5.41) is 4.84. The van der Waals surface area contributed by atoms with E-state index in [9.17, 15) is 4.79 Å². The maximum atomic E-state index is 13.5. The van der Waals surface area contributed by atoms with Gasteiger partial charge < -0.3 is 14.4 Å². The van der Waals surface area contributed by atoms with Crippen LogP contribution in [0.4, 0.5) is 0 Å². The van der Waals surface area contributed by atoms with Crippen LogP contribution in [0.1, 0.15) is 56.2 Å². The minimum atomic E-state index is -0.319. The van der Waals surface area contributed by atoms with Crippen LogP contribution < -0.4 is 9.47 Å². The van der Waals surface area contributed by atoms with E-state index in [1.54, 1.807) is 24.4 Å². The molecule has 0 N–H and O–H groups in total. The molecule has 0 bridgehead atoms. The lowest BCUT2D eigenvalue weighted by Crippen LogP contribution is -2.43. The van der Waals surface area contributed by atoms with E-state index in [4.69, 9.17) is 14.6 Å². The van der Waals surface area contributed by atoms with E-state index in [0.717, 1.165) is 40.9 Å². The molecule has 174 valence electrons. The van der Waals surface area contributed by atoms with E-state index in [0.29, 0.717) is 17.2 Å². The summed E-state index contributed by atoms with van der Waals surface area (Å²) >= 11 is 0. The molecule has 1 aliphatic rings. The highest BCUT2D eigenvalue weighted by Gasteiger charge is 2.33. The molecule has 0 fully saturated rings. The Morgan fingerprint density at radius 2 is 1.94 bits per heavy atom. The topological polar surface area (TPSA) is 69.5 Å².